The number of nitrogens with zero attached hydrogens (tertiary/aromatic N) is 1. The zero-order valence-electron chi connectivity index (χ0n) is 9.13. The van der Waals surface area contributed by atoms with Gasteiger partial charge in [-0.05, 0) is 12.8 Å². The summed E-state index contributed by atoms with van der Waals surface area (Å²) in [5, 5.41) is 8.80. The van der Waals surface area contributed by atoms with E-state index in [2.05, 4.69) is 4.90 Å². The van der Waals surface area contributed by atoms with E-state index in [0.717, 1.165) is 12.8 Å². The van der Waals surface area contributed by atoms with Crippen LogP contribution in [0.1, 0.15) is 25.7 Å². The van der Waals surface area contributed by atoms with E-state index in [0.29, 0.717) is 12.6 Å². The summed E-state index contributed by atoms with van der Waals surface area (Å²) in [6, 6.07) is 0.0985. The molecule has 1 atom stereocenters. The first-order valence-electron chi connectivity index (χ1n) is 5.66. The molecule has 2 rings (SSSR count). The molecule has 0 spiro atoms. The van der Waals surface area contributed by atoms with Crippen molar-refractivity contribution in [3.05, 3.63) is 0 Å². The predicted molar refractivity (Wildman–Crippen MR) is 59.0 cm³/mol. The topological polar surface area (TPSA) is 74.7 Å². The summed E-state index contributed by atoms with van der Waals surface area (Å²) in [7, 11) is -3.03. The highest BCUT2D eigenvalue weighted by atomic mass is 32.2. The molecular formula is C10H17NO4S. The van der Waals surface area contributed by atoms with Crippen molar-refractivity contribution >= 4 is 15.8 Å². The highest BCUT2D eigenvalue weighted by Gasteiger charge is 2.38. The van der Waals surface area contributed by atoms with Gasteiger partial charge in [-0.15, -0.1) is 0 Å². The molecule has 2 aliphatic rings. The maximum atomic E-state index is 11.5. The molecule has 2 fully saturated rings. The lowest BCUT2D eigenvalue weighted by molar-refractivity contribution is -0.138. The standard InChI is InChI=1S/C10H17NO4S/c12-10(13)6-9-7-16(14,15)5-4-11(9)8-2-1-3-8/h8-9H,1-7H2,(H,12,13). The average Bonchev–Trinajstić information content (AvgIpc) is 2.04. The third-order valence-electron chi connectivity index (χ3n) is 3.53. The average molecular weight is 247 g/mol. The minimum atomic E-state index is -3.03. The molecule has 0 aromatic rings. The van der Waals surface area contributed by atoms with Gasteiger partial charge in [0.15, 0.2) is 9.84 Å². The van der Waals surface area contributed by atoms with Crippen LogP contribution < -0.4 is 0 Å². The Labute approximate surface area is 95.4 Å². The van der Waals surface area contributed by atoms with Crippen LogP contribution in [0.25, 0.3) is 0 Å². The fourth-order valence-corrected chi connectivity index (χ4v) is 4.03. The quantitative estimate of drug-likeness (QED) is 0.766. The summed E-state index contributed by atoms with van der Waals surface area (Å²) in [6.45, 7) is 0.505. The van der Waals surface area contributed by atoms with Crippen LogP contribution in [-0.4, -0.2) is 54.5 Å². The number of hydrogen-bond donors (Lipinski definition) is 1. The Hall–Kier alpha value is -0.620. The monoisotopic (exact) mass is 247 g/mol. The van der Waals surface area contributed by atoms with Gasteiger partial charge in [-0.2, -0.15) is 0 Å². The molecule has 1 unspecified atom stereocenters. The summed E-state index contributed by atoms with van der Waals surface area (Å²) in [6.07, 6.45) is 3.27. The van der Waals surface area contributed by atoms with Gasteiger partial charge < -0.3 is 5.11 Å². The minimum Gasteiger partial charge on any atom is -0.481 e. The minimum absolute atomic E-state index is 0.00972. The van der Waals surface area contributed by atoms with Gasteiger partial charge >= 0.3 is 5.97 Å². The van der Waals surface area contributed by atoms with Crippen molar-refractivity contribution in [1.29, 1.82) is 0 Å². The molecular weight excluding hydrogens is 230 g/mol. The summed E-state index contributed by atoms with van der Waals surface area (Å²) in [5.74, 6) is -0.721. The van der Waals surface area contributed by atoms with Gasteiger partial charge in [0.2, 0.25) is 0 Å². The Balaban J connectivity index is 2.07. The fourth-order valence-electron chi connectivity index (χ4n) is 2.48. The van der Waals surface area contributed by atoms with Crippen molar-refractivity contribution in [3.8, 4) is 0 Å². The molecule has 1 heterocycles. The zero-order valence-corrected chi connectivity index (χ0v) is 9.95. The molecule has 0 aromatic heterocycles. The highest BCUT2D eigenvalue weighted by molar-refractivity contribution is 7.91. The third kappa shape index (κ3) is 2.55. The number of aliphatic carboxylic acids is 1. The molecule has 0 aromatic carbocycles. The van der Waals surface area contributed by atoms with Crippen molar-refractivity contribution in [3.63, 3.8) is 0 Å². The van der Waals surface area contributed by atoms with Gasteiger partial charge in [0, 0.05) is 18.6 Å². The summed E-state index contributed by atoms with van der Waals surface area (Å²) < 4.78 is 23.0. The van der Waals surface area contributed by atoms with E-state index in [1.165, 1.54) is 6.42 Å². The Morgan fingerprint density at radius 3 is 2.56 bits per heavy atom. The van der Waals surface area contributed by atoms with Crippen LogP contribution in [-0.2, 0) is 14.6 Å². The van der Waals surface area contributed by atoms with Crippen molar-refractivity contribution in [1.82, 2.24) is 4.90 Å². The van der Waals surface area contributed by atoms with E-state index in [1.807, 2.05) is 0 Å². The molecule has 0 amide bonds. The fraction of sp³-hybridized carbons (Fsp3) is 0.900. The van der Waals surface area contributed by atoms with Crippen LogP contribution in [0.15, 0.2) is 0 Å². The van der Waals surface area contributed by atoms with Crippen molar-refractivity contribution in [2.75, 3.05) is 18.1 Å². The summed E-state index contributed by atoms with van der Waals surface area (Å²) in [4.78, 5) is 12.8. The van der Waals surface area contributed by atoms with Crippen LogP contribution in [0.2, 0.25) is 0 Å². The Bertz CT molecular complexity index is 374. The van der Waals surface area contributed by atoms with E-state index >= 15 is 0 Å². The first-order valence-corrected chi connectivity index (χ1v) is 7.48. The lowest BCUT2D eigenvalue weighted by atomic mass is 9.90. The number of sulfone groups is 1. The van der Waals surface area contributed by atoms with Crippen LogP contribution >= 0.6 is 0 Å². The van der Waals surface area contributed by atoms with Crippen molar-refractivity contribution in [2.24, 2.45) is 0 Å². The summed E-state index contributed by atoms with van der Waals surface area (Å²) >= 11 is 0. The van der Waals surface area contributed by atoms with Gasteiger partial charge in [0.1, 0.15) is 0 Å². The van der Waals surface area contributed by atoms with E-state index in [1.54, 1.807) is 0 Å². The molecule has 1 N–H and O–H groups in total. The Morgan fingerprint density at radius 1 is 1.38 bits per heavy atom. The van der Waals surface area contributed by atoms with Crippen LogP contribution in [0, 0.1) is 0 Å². The van der Waals surface area contributed by atoms with E-state index < -0.39 is 15.8 Å². The molecule has 1 aliphatic carbocycles. The maximum Gasteiger partial charge on any atom is 0.304 e. The second kappa shape index (κ2) is 4.33. The first-order chi connectivity index (χ1) is 7.48. The van der Waals surface area contributed by atoms with Crippen LogP contribution in [0.5, 0.6) is 0 Å². The molecule has 1 saturated heterocycles. The number of carbonyl (C=O) groups is 1. The van der Waals surface area contributed by atoms with Gasteiger partial charge in [-0.25, -0.2) is 8.42 Å². The Kier molecular flexibility index (Phi) is 3.21. The molecule has 16 heavy (non-hydrogen) atoms. The SMILES string of the molecule is O=C(O)CC1CS(=O)(=O)CCN1C1CCC1. The largest absolute Gasteiger partial charge is 0.481 e. The van der Waals surface area contributed by atoms with Gasteiger partial charge in [-0.3, -0.25) is 9.69 Å². The molecule has 0 radical (unpaired) electrons. The molecule has 1 saturated carbocycles. The first kappa shape index (κ1) is 11.9. The van der Waals surface area contributed by atoms with Gasteiger partial charge in [-0.1, -0.05) is 6.42 Å². The van der Waals surface area contributed by atoms with Crippen molar-refractivity contribution < 1.29 is 18.3 Å². The van der Waals surface area contributed by atoms with E-state index in [4.69, 9.17) is 5.11 Å². The highest BCUT2D eigenvalue weighted by Crippen LogP contribution is 2.29. The van der Waals surface area contributed by atoms with E-state index in [9.17, 15) is 13.2 Å². The molecule has 6 heteroatoms. The maximum absolute atomic E-state index is 11.5. The number of rotatable bonds is 3. The number of carboxylic acids is 1. The number of hydrogen-bond acceptors (Lipinski definition) is 4. The number of carboxylic acid groups (broad SMARTS) is 1. The van der Waals surface area contributed by atoms with Gasteiger partial charge in [0.05, 0.1) is 17.9 Å². The van der Waals surface area contributed by atoms with E-state index in [-0.39, 0.29) is 24.0 Å². The summed E-state index contributed by atoms with van der Waals surface area (Å²) in [5.41, 5.74) is 0. The second-order valence-corrected chi connectivity index (χ2v) is 6.92. The zero-order chi connectivity index (χ0) is 11.8. The third-order valence-corrected chi connectivity index (χ3v) is 5.23. The molecule has 0 bridgehead atoms. The Morgan fingerprint density at radius 2 is 2.06 bits per heavy atom. The van der Waals surface area contributed by atoms with Crippen molar-refractivity contribution in [2.45, 2.75) is 37.8 Å². The normalized spacial score (nSPS) is 30.9. The smallest absolute Gasteiger partial charge is 0.304 e. The predicted octanol–water partition coefficient (Wildman–Crippen LogP) is 0.113. The van der Waals surface area contributed by atoms with Crippen LogP contribution in [0.3, 0.4) is 0 Å². The molecule has 1 aliphatic heterocycles. The van der Waals surface area contributed by atoms with Gasteiger partial charge in [0.25, 0.3) is 0 Å². The molecule has 92 valence electrons. The molecule has 5 nitrogen and oxygen atoms in total. The van der Waals surface area contributed by atoms with Crippen LogP contribution in [0.4, 0.5) is 0 Å². The second-order valence-electron chi connectivity index (χ2n) is 4.69. The lowest BCUT2D eigenvalue weighted by Gasteiger charge is -2.44. The lowest BCUT2D eigenvalue weighted by Crippen LogP contribution is -2.55.